The molecule has 1 fully saturated rings. The van der Waals surface area contributed by atoms with Gasteiger partial charge in [-0.2, -0.15) is 5.10 Å². The first kappa shape index (κ1) is 18.2. The predicted molar refractivity (Wildman–Crippen MR) is 99.3 cm³/mol. The molecule has 0 aliphatic carbocycles. The Balaban J connectivity index is 1.41. The number of rotatable bonds is 8. The number of carbonyl (C=O) groups excluding carboxylic acids is 2. The molecule has 1 aromatic carbocycles. The summed E-state index contributed by atoms with van der Waals surface area (Å²) in [5.74, 6) is 0.111. The Morgan fingerprint density at radius 3 is 2.81 bits per heavy atom. The highest BCUT2D eigenvalue weighted by molar-refractivity contribution is 5.83. The minimum Gasteiger partial charge on any atom is -0.356 e. The number of hydrogen-bond acceptors (Lipinski definition) is 3. The molecule has 0 saturated carbocycles. The molecule has 3 rings (SSSR count). The van der Waals surface area contributed by atoms with Gasteiger partial charge in [0.25, 0.3) is 0 Å². The molecule has 0 bridgehead atoms. The molecule has 6 nitrogen and oxygen atoms in total. The standard InChI is InChI=1S/C20H26N4O2/c25-19-9-8-18(16-23(19)15-10-17-6-2-1-3-7-17)20(26)21-11-4-13-24-14-5-12-22-24/h1-3,5-7,12,14,18H,4,8-11,13,15-16H2,(H,21,26)/t18-/m1/s1. The van der Waals surface area contributed by atoms with Gasteiger partial charge in [0.1, 0.15) is 0 Å². The molecule has 1 aliphatic heterocycles. The van der Waals surface area contributed by atoms with Gasteiger partial charge in [-0.15, -0.1) is 0 Å². The lowest BCUT2D eigenvalue weighted by Gasteiger charge is -2.32. The predicted octanol–water partition coefficient (Wildman–Crippen LogP) is 1.87. The van der Waals surface area contributed by atoms with E-state index in [2.05, 4.69) is 22.5 Å². The van der Waals surface area contributed by atoms with E-state index in [-0.39, 0.29) is 17.7 Å². The zero-order chi connectivity index (χ0) is 18.2. The van der Waals surface area contributed by atoms with Gasteiger partial charge in [-0.3, -0.25) is 14.3 Å². The third kappa shape index (κ3) is 5.18. The zero-order valence-electron chi connectivity index (χ0n) is 15.0. The number of piperidine rings is 1. The minimum absolute atomic E-state index is 0.0580. The Morgan fingerprint density at radius 1 is 1.19 bits per heavy atom. The van der Waals surface area contributed by atoms with Gasteiger partial charge in [-0.1, -0.05) is 30.3 Å². The summed E-state index contributed by atoms with van der Waals surface area (Å²) < 4.78 is 1.86. The summed E-state index contributed by atoms with van der Waals surface area (Å²) in [4.78, 5) is 26.4. The molecule has 138 valence electrons. The Hall–Kier alpha value is -2.63. The van der Waals surface area contributed by atoms with Crippen LogP contribution in [0.5, 0.6) is 0 Å². The molecule has 1 N–H and O–H groups in total. The van der Waals surface area contributed by atoms with Crippen LogP contribution >= 0.6 is 0 Å². The molecule has 0 unspecified atom stereocenters. The van der Waals surface area contributed by atoms with Crippen molar-refractivity contribution < 1.29 is 9.59 Å². The van der Waals surface area contributed by atoms with Crippen molar-refractivity contribution in [1.29, 1.82) is 0 Å². The van der Waals surface area contributed by atoms with E-state index in [9.17, 15) is 9.59 Å². The van der Waals surface area contributed by atoms with Gasteiger partial charge in [0.05, 0.1) is 5.92 Å². The van der Waals surface area contributed by atoms with Crippen LogP contribution in [-0.2, 0) is 22.6 Å². The lowest BCUT2D eigenvalue weighted by atomic mass is 9.96. The summed E-state index contributed by atoms with van der Waals surface area (Å²) in [5.41, 5.74) is 1.21. The van der Waals surface area contributed by atoms with E-state index in [1.165, 1.54) is 5.56 Å². The van der Waals surface area contributed by atoms with E-state index < -0.39 is 0 Å². The fraction of sp³-hybridized carbons (Fsp3) is 0.450. The van der Waals surface area contributed by atoms with Crippen molar-refractivity contribution in [2.24, 2.45) is 5.92 Å². The maximum atomic E-state index is 12.4. The second-order valence-electron chi connectivity index (χ2n) is 6.72. The van der Waals surface area contributed by atoms with Gasteiger partial charge in [0, 0.05) is 45.0 Å². The van der Waals surface area contributed by atoms with Crippen molar-refractivity contribution in [1.82, 2.24) is 20.0 Å². The number of hydrogen-bond donors (Lipinski definition) is 1. The first-order valence-electron chi connectivity index (χ1n) is 9.29. The molecule has 0 radical (unpaired) electrons. The molecule has 1 atom stereocenters. The fourth-order valence-electron chi connectivity index (χ4n) is 3.28. The maximum Gasteiger partial charge on any atom is 0.224 e. The van der Waals surface area contributed by atoms with Crippen LogP contribution in [0.1, 0.15) is 24.8 Å². The number of aromatic nitrogens is 2. The number of aryl methyl sites for hydroxylation is 1. The van der Waals surface area contributed by atoms with Crippen LogP contribution in [-0.4, -0.2) is 46.1 Å². The molecule has 0 spiro atoms. The number of amides is 2. The van der Waals surface area contributed by atoms with Crippen molar-refractivity contribution in [3.8, 4) is 0 Å². The molecule has 1 saturated heterocycles. The molecule has 2 amide bonds. The Morgan fingerprint density at radius 2 is 2.04 bits per heavy atom. The van der Waals surface area contributed by atoms with Crippen LogP contribution in [0.3, 0.4) is 0 Å². The monoisotopic (exact) mass is 354 g/mol. The van der Waals surface area contributed by atoms with E-state index in [4.69, 9.17) is 0 Å². The van der Waals surface area contributed by atoms with Gasteiger partial charge in [-0.25, -0.2) is 0 Å². The highest BCUT2D eigenvalue weighted by atomic mass is 16.2. The lowest BCUT2D eigenvalue weighted by molar-refractivity contribution is -0.138. The van der Waals surface area contributed by atoms with E-state index >= 15 is 0 Å². The average Bonchev–Trinajstić information content (AvgIpc) is 3.19. The second-order valence-corrected chi connectivity index (χ2v) is 6.72. The minimum atomic E-state index is -0.104. The Bertz CT molecular complexity index is 700. The Labute approximate surface area is 154 Å². The van der Waals surface area contributed by atoms with Crippen molar-refractivity contribution in [3.05, 3.63) is 54.4 Å². The molecule has 2 aromatic rings. The third-order valence-corrected chi connectivity index (χ3v) is 4.81. The van der Waals surface area contributed by atoms with Crippen LogP contribution in [0.2, 0.25) is 0 Å². The largest absolute Gasteiger partial charge is 0.356 e. The highest BCUT2D eigenvalue weighted by Crippen LogP contribution is 2.18. The summed E-state index contributed by atoms with van der Waals surface area (Å²) in [6, 6.07) is 12.0. The molecule has 26 heavy (non-hydrogen) atoms. The summed E-state index contributed by atoms with van der Waals surface area (Å²) in [7, 11) is 0. The molecular weight excluding hydrogens is 328 g/mol. The fourth-order valence-corrected chi connectivity index (χ4v) is 3.28. The summed E-state index contributed by atoms with van der Waals surface area (Å²) in [6.07, 6.45) is 6.44. The molecular formula is C20H26N4O2. The third-order valence-electron chi connectivity index (χ3n) is 4.81. The van der Waals surface area contributed by atoms with Gasteiger partial charge < -0.3 is 10.2 Å². The SMILES string of the molecule is O=C(NCCCn1cccn1)[C@@H]1CCC(=O)N(CCc2ccccc2)C1. The number of nitrogens with zero attached hydrogens (tertiary/aromatic N) is 3. The molecule has 1 aromatic heterocycles. The summed E-state index contributed by atoms with van der Waals surface area (Å²) in [6.45, 7) is 2.62. The van der Waals surface area contributed by atoms with E-state index in [0.29, 0.717) is 32.5 Å². The number of likely N-dealkylation sites (tertiary alicyclic amines) is 1. The maximum absolute atomic E-state index is 12.4. The van der Waals surface area contributed by atoms with Crippen LogP contribution < -0.4 is 5.32 Å². The van der Waals surface area contributed by atoms with Crippen LogP contribution in [0, 0.1) is 5.92 Å². The van der Waals surface area contributed by atoms with Gasteiger partial charge in [0.15, 0.2) is 0 Å². The van der Waals surface area contributed by atoms with Crippen LogP contribution in [0.4, 0.5) is 0 Å². The molecule has 2 heterocycles. The second kappa shape index (κ2) is 9.17. The van der Waals surface area contributed by atoms with E-state index in [0.717, 1.165) is 19.4 Å². The van der Waals surface area contributed by atoms with Crippen LogP contribution in [0.25, 0.3) is 0 Å². The first-order chi connectivity index (χ1) is 12.7. The van der Waals surface area contributed by atoms with Crippen molar-refractivity contribution in [2.45, 2.75) is 32.2 Å². The summed E-state index contributed by atoms with van der Waals surface area (Å²) >= 11 is 0. The quantitative estimate of drug-likeness (QED) is 0.736. The zero-order valence-corrected chi connectivity index (χ0v) is 15.0. The topological polar surface area (TPSA) is 67.2 Å². The molecule has 6 heteroatoms. The van der Waals surface area contributed by atoms with Gasteiger partial charge >= 0.3 is 0 Å². The average molecular weight is 354 g/mol. The lowest BCUT2D eigenvalue weighted by Crippen LogP contribution is -2.46. The highest BCUT2D eigenvalue weighted by Gasteiger charge is 2.29. The van der Waals surface area contributed by atoms with Crippen LogP contribution in [0.15, 0.2) is 48.8 Å². The number of nitrogens with one attached hydrogen (secondary N) is 1. The Kier molecular flexibility index (Phi) is 6.41. The van der Waals surface area contributed by atoms with E-state index in [1.54, 1.807) is 6.20 Å². The van der Waals surface area contributed by atoms with Gasteiger partial charge in [0.2, 0.25) is 11.8 Å². The first-order valence-corrected chi connectivity index (χ1v) is 9.29. The smallest absolute Gasteiger partial charge is 0.224 e. The number of carbonyl (C=O) groups is 2. The van der Waals surface area contributed by atoms with E-state index in [1.807, 2.05) is 40.0 Å². The van der Waals surface area contributed by atoms with Crippen molar-refractivity contribution in [3.63, 3.8) is 0 Å². The summed E-state index contributed by atoms with van der Waals surface area (Å²) in [5, 5.41) is 7.15. The molecule has 1 aliphatic rings. The van der Waals surface area contributed by atoms with Crippen molar-refractivity contribution >= 4 is 11.8 Å². The van der Waals surface area contributed by atoms with Crippen molar-refractivity contribution in [2.75, 3.05) is 19.6 Å². The normalized spacial score (nSPS) is 17.3. The van der Waals surface area contributed by atoms with Gasteiger partial charge in [-0.05, 0) is 30.9 Å². The number of benzene rings is 1.